The molecule has 3 rings (SSSR count). The van der Waals surface area contributed by atoms with Gasteiger partial charge in [-0.15, -0.1) is 5.10 Å². The summed E-state index contributed by atoms with van der Waals surface area (Å²) < 4.78 is 18.7. The van der Waals surface area contributed by atoms with Gasteiger partial charge in [-0.2, -0.15) is 5.10 Å². The number of hydrogen-bond acceptors (Lipinski definition) is 6. The van der Waals surface area contributed by atoms with E-state index in [0.29, 0.717) is 5.17 Å². The third-order valence-corrected chi connectivity index (χ3v) is 4.84. The molecule has 1 aliphatic heterocycles. The monoisotopic (exact) mass is 400 g/mol. The molecule has 7 nitrogen and oxygen atoms in total. The lowest BCUT2D eigenvalue weighted by atomic mass is 10.2. The molecule has 1 fully saturated rings. The van der Waals surface area contributed by atoms with Gasteiger partial charge in [0.05, 0.1) is 19.0 Å². The van der Waals surface area contributed by atoms with Gasteiger partial charge in [-0.3, -0.25) is 9.59 Å². The Labute approximate surface area is 165 Å². The van der Waals surface area contributed by atoms with Gasteiger partial charge >= 0.3 is 0 Å². The van der Waals surface area contributed by atoms with E-state index < -0.39 is 17.0 Å². The second kappa shape index (κ2) is 9.14. The van der Waals surface area contributed by atoms with Crippen LogP contribution in [-0.4, -0.2) is 35.6 Å². The number of nitrogens with zero attached hydrogens (tertiary/aromatic N) is 2. The first-order valence-corrected chi connectivity index (χ1v) is 9.20. The van der Waals surface area contributed by atoms with Crippen LogP contribution in [0.5, 0.6) is 5.75 Å². The second-order valence-corrected chi connectivity index (χ2v) is 6.94. The first-order chi connectivity index (χ1) is 13.5. The third-order valence-electron chi connectivity index (χ3n) is 3.77. The Morgan fingerprint density at radius 2 is 2.04 bits per heavy atom. The molecule has 1 atom stereocenters. The first-order valence-electron chi connectivity index (χ1n) is 8.32. The van der Waals surface area contributed by atoms with E-state index in [1.54, 1.807) is 25.3 Å². The number of nitrogens with one attached hydrogen (secondary N) is 2. The van der Waals surface area contributed by atoms with Crippen LogP contribution in [0.2, 0.25) is 0 Å². The van der Waals surface area contributed by atoms with Crippen LogP contribution in [0.15, 0.2) is 58.7 Å². The van der Waals surface area contributed by atoms with Gasteiger partial charge in [0, 0.05) is 6.42 Å². The number of para-hydroxylation sites is 1. The molecule has 0 aliphatic carbocycles. The van der Waals surface area contributed by atoms with Crippen molar-refractivity contribution in [1.29, 1.82) is 0 Å². The molecule has 0 saturated carbocycles. The number of halogens is 1. The maximum absolute atomic E-state index is 13.6. The summed E-state index contributed by atoms with van der Waals surface area (Å²) in [6.07, 6.45) is 1.43. The molecule has 0 bridgehead atoms. The van der Waals surface area contributed by atoms with E-state index in [9.17, 15) is 14.0 Å². The number of amides is 2. The quantitative estimate of drug-likeness (QED) is 0.576. The summed E-state index contributed by atoms with van der Waals surface area (Å²) in [5, 5.41) is 12.6. The molecule has 0 aromatic heterocycles. The topological polar surface area (TPSA) is 92.2 Å². The number of benzene rings is 2. The van der Waals surface area contributed by atoms with E-state index in [0.717, 1.165) is 23.1 Å². The molecular weight excluding hydrogens is 383 g/mol. The zero-order valence-corrected chi connectivity index (χ0v) is 15.7. The summed E-state index contributed by atoms with van der Waals surface area (Å²) in [4.78, 5) is 24.1. The van der Waals surface area contributed by atoms with Crippen molar-refractivity contribution >= 4 is 40.6 Å². The van der Waals surface area contributed by atoms with Crippen LogP contribution in [0.4, 0.5) is 10.1 Å². The van der Waals surface area contributed by atoms with Crippen molar-refractivity contribution in [2.75, 3.05) is 12.4 Å². The largest absolute Gasteiger partial charge is 0.497 e. The molecule has 1 aliphatic rings. The van der Waals surface area contributed by atoms with Crippen LogP contribution in [0.3, 0.4) is 0 Å². The van der Waals surface area contributed by atoms with Crippen LogP contribution in [-0.2, 0) is 9.59 Å². The zero-order chi connectivity index (χ0) is 19.9. The zero-order valence-electron chi connectivity index (χ0n) is 14.9. The van der Waals surface area contributed by atoms with Gasteiger partial charge in [-0.05, 0) is 42.0 Å². The molecule has 2 aromatic rings. The standard InChI is InChI=1S/C19H17FN4O3S/c1-27-13-8-6-12(7-9-13)11-21-24-19-23-18(26)16(28-19)10-17(25)22-15-5-3-2-4-14(15)20/h2-9,11,16H,10H2,1H3,(H,22,25)(H,23,24,26)/b21-11+. The molecular formula is C19H17FN4O3S. The second-order valence-electron chi connectivity index (χ2n) is 5.75. The van der Waals surface area contributed by atoms with Crippen molar-refractivity contribution in [3.8, 4) is 5.75 Å². The lowest BCUT2D eigenvalue weighted by molar-refractivity contribution is -0.122. The molecule has 2 N–H and O–H groups in total. The Balaban J connectivity index is 1.55. The lowest BCUT2D eigenvalue weighted by Crippen LogP contribution is -2.28. The number of hydrogen-bond donors (Lipinski definition) is 2. The van der Waals surface area contributed by atoms with Gasteiger partial charge in [-0.25, -0.2) is 4.39 Å². The predicted octanol–water partition coefficient (Wildman–Crippen LogP) is 2.78. The van der Waals surface area contributed by atoms with Gasteiger partial charge in [0.1, 0.15) is 16.8 Å². The lowest BCUT2D eigenvalue weighted by Gasteiger charge is -2.07. The summed E-state index contributed by atoms with van der Waals surface area (Å²) in [6.45, 7) is 0. The van der Waals surface area contributed by atoms with Crippen LogP contribution in [0, 0.1) is 5.82 Å². The number of amidine groups is 1. The summed E-state index contributed by atoms with van der Waals surface area (Å²) >= 11 is 1.10. The highest BCUT2D eigenvalue weighted by Crippen LogP contribution is 2.23. The van der Waals surface area contributed by atoms with Crippen LogP contribution in [0.25, 0.3) is 0 Å². The normalized spacial score (nSPS) is 17.7. The van der Waals surface area contributed by atoms with Gasteiger partial charge in [0.2, 0.25) is 11.8 Å². The average Bonchev–Trinajstić information content (AvgIpc) is 3.03. The SMILES string of the molecule is COc1ccc(/C=N/N=C2\NC(=O)C(CC(=O)Nc3ccccc3F)S2)cc1. The maximum Gasteiger partial charge on any atom is 0.240 e. The fraction of sp³-hybridized carbons (Fsp3) is 0.158. The number of carbonyl (C=O) groups excluding carboxylic acids is 2. The molecule has 9 heteroatoms. The Hall–Kier alpha value is -3.20. The number of ether oxygens (including phenoxy) is 1. The van der Waals surface area contributed by atoms with Crippen LogP contribution >= 0.6 is 11.8 Å². The number of methoxy groups -OCH3 is 1. The number of carbonyl (C=O) groups is 2. The molecule has 0 spiro atoms. The predicted molar refractivity (Wildman–Crippen MR) is 107 cm³/mol. The first kappa shape index (κ1) is 19.6. The molecule has 0 radical (unpaired) electrons. The Morgan fingerprint density at radius 1 is 1.29 bits per heavy atom. The molecule has 1 saturated heterocycles. The van der Waals surface area contributed by atoms with Gasteiger partial charge in [0.15, 0.2) is 5.17 Å². The van der Waals surface area contributed by atoms with Gasteiger partial charge < -0.3 is 15.4 Å². The maximum atomic E-state index is 13.6. The Bertz CT molecular complexity index is 931. The smallest absolute Gasteiger partial charge is 0.240 e. The summed E-state index contributed by atoms with van der Waals surface area (Å²) in [6, 6.07) is 13.1. The van der Waals surface area contributed by atoms with Crippen LogP contribution in [0.1, 0.15) is 12.0 Å². The van der Waals surface area contributed by atoms with Crippen molar-refractivity contribution in [1.82, 2.24) is 5.32 Å². The fourth-order valence-electron chi connectivity index (χ4n) is 2.36. The van der Waals surface area contributed by atoms with E-state index in [2.05, 4.69) is 20.8 Å². The molecule has 2 amide bonds. The fourth-order valence-corrected chi connectivity index (χ4v) is 3.28. The summed E-state index contributed by atoms with van der Waals surface area (Å²) in [5.74, 6) is -0.596. The number of anilines is 1. The molecule has 144 valence electrons. The average molecular weight is 400 g/mol. The van der Waals surface area contributed by atoms with Crippen molar-refractivity contribution in [3.05, 3.63) is 59.9 Å². The van der Waals surface area contributed by atoms with E-state index in [-0.39, 0.29) is 18.0 Å². The summed E-state index contributed by atoms with van der Waals surface area (Å²) in [5.41, 5.74) is 0.897. The van der Waals surface area contributed by atoms with Gasteiger partial charge in [0.25, 0.3) is 0 Å². The minimum atomic E-state index is -0.651. The molecule has 1 unspecified atom stereocenters. The van der Waals surface area contributed by atoms with Crippen molar-refractivity contribution in [2.45, 2.75) is 11.7 Å². The number of rotatable bonds is 6. The van der Waals surface area contributed by atoms with E-state index in [1.165, 1.54) is 24.4 Å². The van der Waals surface area contributed by atoms with E-state index in [4.69, 9.17) is 4.74 Å². The minimum Gasteiger partial charge on any atom is -0.497 e. The molecule has 2 aromatic carbocycles. The highest BCUT2D eigenvalue weighted by molar-refractivity contribution is 8.15. The minimum absolute atomic E-state index is 0.0777. The molecule has 28 heavy (non-hydrogen) atoms. The highest BCUT2D eigenvalue weighted by Gasteiger charge is 2.32. The third kappa shape index (κ3) is 5.17. The van der Waals surface area contributed by atoms with Crippen LogP contribution < -0.4 is 15.4 Å². The van der Waals surface area contributed by atoms with E-state index >= 15 is 0 Å². The Kier molecular flexibility index (Phi) is 6.38. The van der Waals surface area contributed by atoms with Crippen molar-refractivity contribution in [2.24, 2.45) is 10.2 Å². The Morgan fingerprint density at radius 3 is 2.75 bits per heavy atom. The van der Waals surface area contributed by atoms with Crippen molar-refractivity contribution in [3.63, 3.8) is 0 Å². The van der Waals surface area contributed by atoms with E-state index in [1.807, 2.05) is 12.1 Å². The highest BCUT2D eigenvalue weighted by atomic mass is 32.2. The summed E-state index contributed by atoms with van der Waals surface area (Å²) in [7, 11) is 1.59. The molecule has 1 heterocycles. The van der Waals surface area contributed by atoms with Gasteiger partial charge in [-0.1, -0.05) is 23.9 Å². The van der Waals surface area contributed by atoms with Crippen molar-refractivity contribution < 1.29 is 18.7 Å². The number of thioether (sulfide) groups is 1.